The maximum Gasteiger partial charge on any atom is 0.0892 e. The summed E-state index contributed by atoms with van der Waals surface area (Å²) in [6, 6.07) is 0. The average Bonchev–Trinajstić information content (AvgIpc) is 2.28. The van der Waals surface area contributed by atoms with Gasteiger partial charge in [0, 0.05) is 0 Å². The quantitative estimate of drug-likeness (QED) is 0.690. The minimum atomic E-state index is -0.590. The van der Waals surface area contributed by atoms with E-state index in [2.05, 4.69) is 5.32 Å². The summed E-state index contributed by atoms with van der Waals surface area (Å²) in [6.45, 7) is 6.39. The molecule has 2 N–H and O–H groups in total. The van der Waals surface area contributed by atoms with Crippen molar-refractivity contribution >= 4 is 0 Å². The SMILES string of the molecule is CC(C)OCC1(O)CCCNCC1. The van der Waals surface area contributed by atoms with Crippen LogP contribution in [0.4, 0.5) is 0 Å². The highest BCUT2D eigenvalue weighted by molar-refractivity contribution is 4.82. The third kappa shape index (κ3) is 4.07. The molecule has 1 rings (SSSR count). The van der Waals surface area contributed by atoms with E-state index in [1.807, 2.05) is 13.8 Å². The second-order valence-electron chi connectivity index (χ2n) is 4.19. The fraction of sp³-hybridized carbons (Fsp3) is 1.00. The Kier molecular flexibility index (Phi) is 4.16. The third-order valence-corrected chi connectivity index (χ3v) is 2.45. The lowest BCUT2D eigenvalue weighted by Crippen LogP contribution is -2.36. The smallest absolute Gasteiger partial charge is 0.0892 e. The normalized spacial score (nSPS) is 30.5. The molecule has 1 heterocycles. The Hall–Kier alpha value is -0.120. The predicted molar refractivity (Wildman–Crippen MR) is 52.8 cm³/mol. The Balaban J connectivity index is 2.33. The molecule has 1 unspecified atom stereocenters. The zero-order chi connectivity index (χ0) is 9.73. The lowest BCUT2D eigenvalue weighted by Gasteiger charge is -2.26. The second kappa shape index (κ2) is 4.94. The second-order valence-corrected chi connectivity index (χ2v) is 4.19. The summed E-state index contributed by atoms with van der Waals surface area (Å²) in [7, 11) is 0. The summed E-state index contributed by atoms with van der Waals surface area (Å²) in [5.74, 6) is 0. The summed E-state index contributed by atoms with van der Waals surface area (Å²) >= 11 is 0. The van der Waals surface area contributed by atoms with Crippen LogP contribution in [0.25, 0.3) is 0 Å². The van der Waals surface area contributed by atoms with Crippen molar-refractivity contribution in [3.63, 3.8) is 0 Å². The van der Waals surface area contributed by atoms with Crippen molar-refractivity contribution in [2.45, 2.75) is 44.8 Å². The first-order valence-electron chi connectivity index (χ1n) is 5.17. The van der Waals surface area contributed by atoms with E-state index in [4.69, 9.17) is 4.74 Å². The first-order chi connectivity index (χ1) is 6.12. The number of aliphatic hydroxyl groups is 1. The predicted octanol–water partition coefficient (Wildman–Crippen LogP) is 0.916. The monoisotopic (exact) mass is 187 g/mol. The van der Waals surface area contributed by atoms with Gasteiger partial charge in [0.2, 0.25) is 0 Å². The maximum absolute atomic E-state index is 10.1. The Morgan fingerprint density at radius 1 is 1.38 bits per heavy atom. The van der Waals surface area contributed by atoms with Gasteiger partial charge in [0.25, 0.3) is 0 Å². The molecule has 0 radical (unpaired) electrons. The van der Waals surface area contributed by atoms with E-state index in [9.17, 15) is 5.11 Å². The Bertz CT molecular complexity index is 140. The van der Waals surface area contributed by atoms with Crippen LogP contribution in [0.5, 0.6) is 0 Å². The number of hydrogen-bond acceptors (Lipinski definition) is 3. The van der Waals surface area contributed by atoms with E-state index in [1.54, 1.807) is 0 Å². The van der Waals surface area contributed by atoms with Crippen LogP contribution in [0.2, 0.25) is 0 Å². The highest BCUT2D eigenvalue weighted by Gasteiger charge is 2.28. The van der Waals surface area contributed by atoms with Gasteiger partial charge >= 0.3 is 0 Å². The molecular formula is C10H21NO2. The summed E-state index contributed by atoms with van der Waals surface area (Å²) in [4.78, 5) is 0. The van der Waals surface area contributed by atoms with Gasteiger partial charge in [-0.25, -0.2) is 0 Å². The maximum atomic E-state index is 10.1. The van der Waals surface area contributed by atoms with Crippen molar-refractivity contribution in [1.82, 2.24) is 5.32 Å². The highest BCUT2D eigenvalue weighted by Crippen LogP contribution is 2.20. The van der Waals surface area contributed by atoms with Gasteiger partial charge in [0.15, 0.2) is 0 Å². The van der Waals surface area contributed by atoms with Gasteiger partial charge in [-0.2, -0.15) is 0 Å². The van der Waals surface area contributed by atoms with E-state index < -0.39 is 5.60 Å². The molecule has 3 nitrogen and oxygen atoms in total. The van der Waals surface area contributed by atoms with Crippen molar-refractivity contribution in [3.8, 4) is 0 Å². The molecule has 13 heavy (non-hydrogen) atoms. The van der Waals surface area contributed by atoms with Crippen molar-refractivity contribution in [1.29, 1.82) is 0 Å². The molecule has 0 aliphatic carbocycles. The molecule has 3 heteroatoms. The lowest BCUT2D eigenvalue weighted by atomic mass is 9.96. The van der Waals surface area contributed by atoms with Gasteiger partial charge in [-0.05, 0) is 46.2 Å². The summed E-state index contributed by atoms with van der Waals surface area (Å²) in [5, 5.41) is 13.4. The largest absolute Gasteiger partial charge is 0.387 e. The molecule has 1 aliphatic heterocycles. The van der Waals surface area contributed by atoms with Crippen molar-refractivity contribution < 1.29 is 9.84 Å². The molecule has 1 aliphatic rings. The summed E-state index contributed by atoms with van der Waals surface area (Å²) in [6.07, 6.45) is 2.91. The van der Waals surface area contributed by atoms with Gasteiger partial charge in [-0.15, -0.1) is 0 Å². The minimum absolute atomic E-state index is 0.209. The molecule has 1 fully saturated rings. The zero-order valence-corrected chi connectivity index (χ0v) is 8.68. The summed E-state index contributed by atoms with van der Waals surface area (Å²) in [5.41, 5.74) is -0.590. The fourth-order valence-corrected chi connectivity index (χ4v) is 1.58. The van der Waals surface area contributed by atoms with Crippen LogP contribution in [0.1, 0.15) is 33.1 Å². The highest BCUT2D eigenvalue weighted by atomic mass is 16.5. The molecular weight excluding hydrogens is 166 g/mol. The zero-order valence-electron chi connectivity index (χ0n) is 8.68. The van der Waals surface area contributed by atoms with Crippen LogP contribution in [-0.2, 0) is 4.74 Å². The van der Waals surface area contributed by atoms with E-state index >= 15 is 0 Å². The molecule has 1 saturated heterocycles. The Labute approximate surface area is 80.5 Å². The molecule has 0 amide bonds. The number of ether oxygens (including phenoxy) is 1. The first kappa shape index (κ1) is 11.0. The van der Waals surface area contributed by atoms with Crippen molar-refractivity contribution in [2.75, 3.05) is 19.7 Å². The third-order valence-electron chi connectivity index (χ3n) is 2.45. The van der Waals surface area contributed by atoms with Crippen LogP contribution >= 0.6 is 0 Å². The van der Waals surface area contributed by atoms with Gasteiger partial charge in [0.1, 0.15) is 0 Å². The molecule has 0 bridgehead atoms. The van der Waals surface area contributed by atoms with Gasteiger partial charge in [-0.3, -0.25) is 0 Å². The Morgan fingerprint density at radius 3 is 2.85 bits per heavy atom. The molecule has 0 aromatic rings. The molecule has 1 atom stereocenters. The lowest BCUT2D eigenvalue weighted by molar-refractivity contribution is -0.0707. The van der Waals surface area contributed by atoms with E-state index in [0.717, 1.165) is 32.4 Å². The van der Waals surface area contributed by atoms with Gasteiger partial charge in [0.05, 0.1) is 18.3 Å². The number of nitrogens with one attached hydrogen (secondary N) is 1. The average molecular weight is 187 g/mol. The molecule has 0 aromatic carbocycles. The van der Waals surface area contributed by atoms with Crippen LogP contribution < -0.4 is 5.32 Å². The minimum Gasteiger partial charge on any atom is -0.387 e. The molecule has 0 aromatic heterocycles. The molecule has 0 saturated carbocycles. The van der Waals surface area contributed by atoms with E-state index in [1.165, 1.54) is 0 Å². The number of hydrogen-bond donors (Lipinski definition) is 2. The molecule has 78 valence electrons. The Morgan fingerprint density at radius 2 is 2.15 bits per heavy atom. The van der Waals surface area contributed by atoms with Crippen LogP contribution in [-0.4, -0.2) is 36.5 Å². The standard InChI is InChI=1S/C10H21NO2/c1-9(2)13-8-10(12)4-3-6-11-7-5-10/h9,11-12H,3-8H2,1-2H3. The van der Waals surface area contributed by atoms with Crippen molar-refractivity contribution in [3.05, 3.63) is 0 Å². The van der Waals surface area contributed by atoms with Gasteiger partial charge in [-0.1, -0.05) is 0 Å². The number of rotatable bonds is 3. The van der Waals surface area contributed by atoms with Crippen LogP contribution in [0, 0.1) is 0 Å². The van der Waals surface area contributed by atoms with Crippen LogP contribution in [0.3, 0.4) is 0 Å². The molecule has 0 spiro atoms. The topological polar surface area (TPSA) is 41.5 Å². The first-order valence-corrected chi connectivity index (χ1v) is 5.17. The fourth-order valence-electron chi connectivity index (χ4n) is 1.58. The van der Waals surface area contributed by atoms with Crippen LogP contribution in [0.15, 0.2) is 0 Å². The van der Waals surface area contributed by atoms with E-state index in [-0.39, 0.29) is 6.10 Å². The summed E-state index contributed by atoms with van der Waals surface area (Å²) < 4.78 is 5.46. The van der Waals surface area contributed by atoms with Gasteiger partial charge < -0.3 is 15.2 Å². The van der Waals surface area contributed by atoms with Crippen molar-refractivity contribution in [2.24, 2.45) is 0 Å². The van der Waals surface area contributed by atoms with E-state index in [0.29, 0.717) is 6.61 Å².